The van der Waals surface area contributed by atoms with E-state index in [0.717, 1.165) is 0 Å². The fourth-order valence-electron chi connectivity index (χ4n) is 0.556. The van der Waals surface area contributed by atoms with Crippen molar-refractivity contribution in [1.82, 2.24) is 0 Å². The van der Waals surface area contributed by atoms with Crippen LogP contribution >= 0.6 is 0 Å². The Morgan fingerprint density at radius 2 is 2.36 bits per heavy atom. The molecule has 4 nitrogen and oxygen atoms in total. The molecule has 0 radical (unpaired) electrons. The summed E-state index contributed by atoms with van der Waals surface area (Å²) in [5.41, 5.74) is 1.01. The van der Waals surface area contributed by atoms with Crippen LogP contribution in [-0.2, 0) is 4.84 Å². The van der Waals surface area contributed by atoms with E-state index in [2.05, 4.69) is 21.7 Å². The average molecular weight is 156 g/mol. The minimum Gasteiger partial charge on any atom is -0.411 e. The molecule has 0 aromatic rings. The lowest BCUT2D eigenvalue weighted by molar-refractivity contribution is 0.213. The van der Waals surface area contributed by atoms with E-state index in [1.807, 2.05) is 0 Å². The van der Waals surface area contributed by atoms with Crippen molar-refractivity contribution >= 4 is 11.4 Å². The lowest BCUT2D eigenvalue weighted by Crippen LogP contribution is -2.09. The van der Waals surface area contributed by atoms with E-state index in [9.17, 15) is 0 Å². The molecule has 0 amide bonds. The Bertz CT molecular complexity index is 185. The molecular weight excluding hydrogens is 144 g/mol. The molecule has 0 aromatic carbocycles. The largest absolute Gasteiger partial charge is 0.411 e. The predicted octanol–water partition coefficient (Wildman–Crippen LogP) is 1.42. The van der Waals surface area contributed by atoms with Gasteiger partial charge in [0.15, 0.2) is 0 Å². The Labute approximate surface area is 65.8 Å². The highest BCUT2D eigenvalue weighted by molar-refractivity contribution is 6.41. The van der Waals surface area contributed by atoms with E-state index in [-0.39, 0.29) is 0 Å². The first kappa shape index (κ1) is 9.68. The highest BCUT2D eigenvalue weighted by Gasteiger charge is 2.01. The minimum atomic E-state index is 0.437. The van der Waals surface area contributed by atoms with Crippen LogP contribution in [0.25, 0.3) is 0 Å². The second-order valence-corrected chi connectivity index (χ2v) is 1.90. The number of hydrogen-bond donors (Lipinski definition) is 1. The van der Waals surface area contributed by atoms with Crippen molar-refractivity contribution in [3.05, 3.63) is 12.7 Å². The maximum atomic E-state index is 8.38. The fraction of sp³-hybridized carbons (Fsp3) is 0.429. The predicted molar refractivity (Wildman–Crippen MR) is 44.2 cm³/mol. The number of rotatable bonds is 4. The molecule has 0 rings (SSSR count). The van der Waals surface area contributed by atoms with Crippen LogP contribution in [-0.4, -0.2) is 23.7 Å². The van der Waals surface area contributed by atoms with E-state index in [1.54, 1.807) is 13.0 Å². The molecule has 0 aliphatic carbocycles. The zero-order valence-electron chi connectivity index (χ0n) is 6.74. The van der Waals surface area contributed by atoms with Crippen molar-refractivity contribution in [2.45, 2.75) is 13.3 Å². The summed E-state index contributed by atoms with van der Waals surface area (Å²) in [6.45, 7) is 5.17. The molecule has 0 bridgehead atoms. The van der Waals surface area contributed by atoms with E-state index < -0.39 is 0 Å². The summed E-state index contributed by atoms with van der Waals surface area (Å²) in [6.07, 6.45) is 2.19. The molecule has 0 aromatic heterocycles. The standard InChI is InChI=1S/C7H12N2O2/c1-4-5-7(9-11-3)6(2)8-10/h4,10H,1,5H2,2-3H3. The lowest BCUT2D eigenvalue weighted by Gasteiger charge is -1.98. The Morgan fingerprint density at radius 1 is 1.73 bits per heavy atom. The second-order valence-electron chi connectivity index (χ2n) is 1.90. The van der Waals surface area contributed by atoms with E-state index in [4.69, 9.17) is 5.21 Å². The van der Waals surface area contributed by atoms with Crippen LogP contribution < -0.4 is 0 Å². The molecule has 11 heavy (non-hydrogen) atoms. The molecule has 0 fully saturated rings. The Balaban J connectivity index is 4.33. The zero-order valence-corrected chi connectivity index (χ0v) is 6.74. The number of nitrogens with zero attached hydrogens (tertiary/aromatic N) is 2. The van der Waals surface area contributed by atoms with Gasteiger partial charge in [0.05, 0.1) is 0 Å². The molecule has 0 aliphatic heterocycles. The maximum absolute atomic E-state index is 8.38. The van der Waals surface area contributed by atoms with Crippen molar-refractivity contribution < 1.29 is 10.0 Å². The van der Waals surface area contributed by atoms with Crippen LogP contribution in [0.5, 0.6) is 0 Å². The first-order valence-electron chi connectivity index (χ1n) is 3.16. The molecule has 1 N–H and O–H groups in total. The number of hydrogen-bond acceptors (Lipinski definition) is 4. The lowest BCUT2D eigenvalue weighted by atomic mass is 10.2. The summed E-state index contributed by atoms with van der Waals surface area (Å²) in [4.78, 5) is 4.53. The van der Waals surface area contributed by atoms with Gasteiger partial charge in [-0.25, -0.2) is 0 Å². The van der Waals surface area contributed by atoms with Crippen LogP contribution in [0.2, 0.25) is 0 Å². The molecule has 0 saturated heterocycles. The van der Waals surface area contributed by atoms with Crippen molar-refractivity contribution in [1.29, 1.82) is 0 Å². The van der Waals surface area contributed by atoms with Gasteiger partial charge in [0.2, 0.25) is 0 Å². The highest BCUT2D eigenvalue weighted by atomic mass is 16.6. The summed E-state index contributed by atoms with van der Waals surface area (Å²) >= 11 is 0. The monoisotopic (exact) mass is 156 g/mol. The fourth-order valence-corrected chi connectivity index (χ4v) is 0.556. The van der Waals surface area contributed by atoms with Gasteiger partial charge in [-0.2, -0.15) is 0 Å². The summed E-state index contributed by atoms with van der Waals surface area (Å²) in [5.74, 6) is 0. The summed E-state index contributed by atoms with van der Waals surface area (Å²) < 4.78 is 0. The maximum Gasteiger partial charge on any atom is 0.108 e. The van der Waals surface area contributed by atoms with Crippen molar-refractivity contribution in [3.63, 3.8) is 0 Å². The summed E-state index contributed by atoms with van der Waals surface area (Å²) in [5, 5.41) is 15.0. The Kier molecular flexibility index (Phi) is 4.81. The van der Waals surface area contributed by atoms with Gasteiger partial charge < -0.3 is 10.0 Å². The minimum absolute atomic E-state index is 0.437. The second kappa shape index (κ2) is 5.46. The molecule has 0 heterocycles. The van der Waals surface area contributed by atoms with Crippen molar-refractivity contribution in [2.24, 2.45) is 10.3 Å². The third-order valence-electron chi connectivity index (χ3n) is 1.11. The highest BCUT2D eigenvalue weighted by Crippen LogP contribution is 1.92. The molecule has 0 spiro atoms. The molecule has 4 heteroatoms. The molecule has 0 saturated carbocycles. The van der Waals surface area contributed by atoms with E-state index in [1.165, 1.54) is 7.11 Å². The molecule has 0 unspecified atom stereocenters. The van der Waals surface area contributed by atoms with E-state index >= 15 is 0 Å². The van der Waals surface area contributed by atoms with Crippen LogP contribution in [0.3, 0.4) is 0 Å². The SMILES string of the molecule is C=CCC(=NOC)C(C)=NO. The van der Waals surface area contributed by atoms with Crippen LogP contribution in [0.15, 0.2) is 23.0 Å². The van der Waals surface area contributed by atoms with Gasteiger partial charge in [-0.15, -0.1) is 6.58 Å². The van der Waals surface area contributed by atoms with Crippen LogP contribution in [0.1, 0.15) is 13.3 Å². The zero-order chi connectivity index (χ0) is 8.69. The first-order chi connectivity index (χ1) is 5.26. The average Bonchev–Trinajstić information content (AvgIpc) is 2.03. The quantitative estimate of drug-likeness (QED) is 0.289. The number of allylic oxidation sites excluding steroid dienone is 1. The Hall–Kier alpha value is -1.32. The number of oxime groups is 2. The first-order valence-corrected chi connectivity index (χ1v) is 3.16. The van der Waals surface area contributed by atoms with E-state index in [0.29, 0.717) is 17.8 Å². The molecular formula is C7H12N2O2. The van der Waals surface area contributed by atoms with Gasteiger partial charge >= 0.3 is 0 Å². The smallest absolute Gasteiger partial charge is 0.108 e. The van der Waals surface area contributed by atoms with Gasteiger partial charge in [0.1, 0.15) is 18.5 Å². The Morgan fingerprint density at radius 3 is 2.73 bits per heavy atom. The topological polar surface area (TPSA) is 54.2 Å². The molecule has 0 atom stereocenters. The molecule has 62 valence electrons. The van der Waals surface area contributed by atoms with Crippen molar-refractivity contribution in [3.8, 4) is 0 Å². The molecule has 0 aliphatic rings. The van der Waals surface area contributed by atoms with Gasteiger partial charge in [-0.1, -0.05) is 16.4 Å². The summed E-state index contributed by atoms with van der Waals surface area (Å²) in [6, 6.07) is 0. The van der Waals surface area contributed by atoms with Crippen molar-refractivity contribution in [2.75, 3.05) is 7.11 Å². The third-order valence-corrected chi connectivity index (χ3v) is 1.11. The van der Waals surface area contributed by atoms with Gasteiger partial charge in [-0.05, 0) is 6.92 Å². The van der Waals surface area contributed by atoms with Crippen LogP contribution in [0, 0.1) is 0 Å². The van der Waals surface area contributed by atoms with Gasteiger partial charge in [0, 0.05) is 6.42 Å². The van der Waals surface area contributed by atoms with Crippen LogP contribution in [0.4, 0.5) is 0 Å². The third kappa shape index (κ3) is 3.40. The summed E-state index contributed by atoms with van der Waals surface area (Å²) in [7, 11) is 1.44. The van der Waals surface area contributed by atoms with Gasteiger partial charge in [0.25, 0.3) is 0 Å². The van der Waals surface area contributed by atoms with Gasteiger partial charge in [-0.3, -0.25) is 0 Å². The normalized spacial score (nSPS) is 12.9.